The zero-order chi connectivity index (χ0) is 15.6. The van der Waals surface area contributed by atoms with E-state index in [4.69, 9.17) is 4.74 Å². The molecule has 0 fully saturated rings. The van der Waals surface area contributed by atoms with Crippen LogP contribution >= 0.6 is 11.8 Å². The number of hydrogen-bond donors (Lipinski definition) is 0. The van der Waals surface area contributed by atoms with Gasteiger partial charge in [-0.25, -0.2) is 0 Å². The molecule has 0 atom stereocenters. The highest BCUT2D eigenvalue weighted by Crippen LogP contribution is 2.14. The summed E-state index contributed by atoms with van der Waals surface area (Å²) < 4.78 is 5.71. The quantitative estimate of drug-likeness (QED) is 0.572. The molecule has 22 heavy (non-hydrogen) atoms. The molecule has 0 bridgehead atoms. The van der Waals surface area contributed by atoms with Crippen LogP contribution in [0.15, 0.2) is 61.7 Å². The predicted molar refractivity (Wildman–Crippen MR) is 98.9 cm³/mol. The predicted octanol–water partition coefficient (Wildman–Crippen LogP) is 5.42. The van der Waals surface area contributed by atoms with Gasteiger partial charge in [-0.15, -0.1) is 0 Å². The fourth-order valence-electron chi connectivity index (χ4n) is 2.00. The highest BCUT2D eigenvalue weighted by molar-refractivity contribution is 7.98. The maximum atomic E-state index is 5.71. The maximum absolute atomic E-state index is 5.71. The van der Waals surface area contributed by atoms with Crippen molar-refractivity contribution < 1.29 is 4.74 Å². The number of thioether (sulfide) groups is 1. The van der Waals surface area contributed by atoms with E-state index in [2.05, 4.69) is 61.7 Å². The van der Waals surface area contributed by atoms with Gasteiger partial charge in [0.05, 0.1) is 13.2 Å². The lowest BCUT2D eigenvalue weighted by Crippen LogP contribution is -1.98. The number of benzene rings is 2. The molecule has 0 saturated heterocycles. The monoisotopic (exact) mass is 310 g/mol. The van der Waals surface area contributed by atoms with Gasteiger partial charge >= 0.3 is 0 Å². The number of ether oxygens (including phenoxy) is 1. The van der Waals surface area contributed by atoms with E-state index < -0.39 is 0 Å². The SMILES string of the molecule is C=Cc1ccc(COCCSCc2ccc(C=C)cc2)cc1. The topological polar surface area (TPSA) is 9.23 Å². The lowest BCUT2D eigenvalue weighted by atomic mass is 10.1. The fraction of sp³-hybridized carbons (Fsp3) is 0.200. The molecule has 2 rings (SSSR count). The summed E-state index contributed by atoms with van der Waals surface area (Å²) in [6.45, 7) is 8.97. The lowest BCUT2D eigenvalue weighted by molar-refractivity contribution is 0.136. The molecule has 2 heteroatoms. The van der Waals surface area contributed by atoms with Crippen molar-refractivity contribution >= 4 is 23.9 Å². The third-order valence-electron chi connectivity index (χ3n) is 3.34. The van der Waals surface area contributed by atoms with Gasteiger partial charge in [0.25, 0.3) is 0 Å². The molecule has 0 spiro atoms. The Morgan fingerprint density at radius 2 is 1.36 bits per heavy atom. The second-order valence-electron chi connectivity index (χ2n) is 5.00. The fourth-order valence-corrected chi connectivity index (χ4v) is 2.81. The Kier molecular flexibility index (Phi) is 7.01. The van der Waals surface area contributed by atoms with Crippen molar-refractivity contribution in [2.45, 2.75) is 12.4 Å². The van der Waals surface area contributed by atoms with Crippen molar-refractivity contribution in [2.24, 2.45) is 0 Å². The first-order chi connectivity index (χ1) is 10.8. The minimum absolute atomic E-state index is 0.673. The second kappa shape index (κ2) is 9.29. The van der Waals surface area contributed by atoms with Gasteiger partial charge in [-0.3, -0.25) is 0 Å². The number of hydrogen-bond acceptors (Lipinski definition) is 2. The van der Waals surface area contributed by atoms with Crippen LogP contribution in [-0.4, -0.2) is 12.4 Å². The molecule has 0 aliphatic carbocycles. The lowest BCUT2D eigenvalue weighted by Gasteiger charge is -2.05. The Morgan fingerprint density at radius 3 is 1.91 bits per heavy atom. The van der Waals surface area contributed by atoms with Crippen molar-refractivity contribution in [1.29, 1.82) is 0 Å². The molecule has 0 saturated carbocycles. The molecule has 0 amide bonds. The average molecular weight is 310 g/mol. The summed E-state index contributed by atoms with van der Waals surface area (Å²) >= 11 is 1.90. The molecule has 114 valence electrons. The van der Waals surface area contributed by atoms with Gasteiger partial charge in [0.2, 0.25) is 0 Å². The van der Waals surface area contributed by atoms with E-state index in [1.54, 1.807) is 0 Å². The summed E-state index contributed by atoms with van der Waals surface area (Å²) in [6, 6.07) is 16.8. The van der Waals surface area contributed by atoms with E-state index in [-0.39, 0.29) is 0 Å². The molecule has 0 aliphatic rings. The summed E-state index contributed by atoms with van der Waals surface area (Å²) in [5, 5.41) is 0. The zero-order valence-electron chi connectivity index (χ0n) is 12.8. The van der Waals surface area contributed by atoms with Crippen LogP contribution in [0.25, 0.3) is 12.2 Å². The van der Waals surface area contributed by atoms with Crippen molar-refractivity contribution in [3.05, 3.63) is 83.9 Å². The van der Waals surface area contributed by atoms with Crippen LogP contribution in [0.3, 0.4) is 0 Å². The molecule has 0 heterocycles. The first-order valence-electron chi connectivity index (χ1n) is 7.40. The van der Waals surface area contributed by atoms with E-state index >= 15 is 0 Å². The van der Waals surface area contributed by atoms with Gasteiger partial charge in [0.15, 0.2) is 0 Å². The third-order valence-corrected chi connectivity index (χ3v) is 4.33. The Bertz CT molecular complexity index is 529. The van der Waals surface area contributed by atoms with Crippen LogP contribution in [0.4, 0.5) is 0 Å². The summed E-state index contributed by atoms with van der Waals surface area (Å²) in [4.78, 5) is 0. The Hall–Kier alpha value is -1.77. The molecule has 2 aromatic rings. The van der Waals surface area contributed by atoms with Crippen LogP contribution in [0.5, 0.6) is 0 Å². The largest absolute Gasteiger partial charge is 0.376 e. The molecular weight excluding hydrogens is 288 g/mol. The van der Waals surface area contributed by atoms with Crippen molar-refractivity contribution in [3.8, 4) is 0 Å². The van der Waals surface area contributed by atoms with Crippen molar-refractivity contribution in [2.75, 3.05) is 12.4 Å². The van der Waals surface area contributed by atoms with Gasteiger partial charge < -0.3 is 4.74 Å². The maximum Gasteiger partial charge on any atom is 0.0717 e. The highest BCUT2D eigenvalue weighted by Gasteiger charge is 1.96. The van der Waals surface area contributed by atoms with Crippen molar-refractivity contribution in [1.82, 2.24) is 0 Å². The molecular formula is C20H22OS. The Balaban J connectivity index is 1.60. The van der Waals surface area contributed by atoms with Gasteiger partial charge in [-0.2, -0.15) is 11.8 Å². The van der Waals surface area contributed by atoms with E-state index in [1.807, 2.05) is 23.9 Å². The van der Waals surface area contributed by atoms with Crippen LogP contribution in [0.1, 0.15) is 22.3 Å². The third kappa shape index (κ3) is 5.55. The Labute approximate surface area is 137 Å². The molecule has 0 unspecified atom stereocenters. The molecule has 0 aliphatic heterocycles. The van der Waals surface area contributed by atoms with Gasteiger partial charge in [0.1, 0.15) is 0 Å². The van der Waals surface area contributed by atoms with Crippen molar-refractivity contribution in [3.63, 3.8) is 0 Å². The number of rotatable bonds is 9. The van der Waals surface area contributed by atoms with Gasteiger partial charge in [-0.05, 0) is 22.3 Å². The summed E-state index contributed by atoms with van der Waals surface area (Å²) in [5.41, 5.74) is 4.85. The first kappa shape index (κ1) is 16.6. The Morgan fingerprint density at radius 1 is 0.818 bits per heavy atom. The summed E-state index contributed by atoms with van der Waals surface area (Å²) in [5.74, 6) is 2.03. The van der Waals surface area contributed by atoms with Crippen LogP contribution in [0.2, 0.25) is 0 Å². The van der Waals surface area contributed by atoms with Gasteiger partial charge in [0, 0.05) is 11.5 Å². The minimum atomic E-state index is 0.673. The molecule has 0 aromatic heterocycles. The summed E-state index contributed by atoms with van der Waals surface area (Å²) in [6.07, 6.45) is 3.72. The normalized spacial score (nSPS) is 10.4. The van der Waals surface area contributed by atoms with E-state index in [0.717, 1.165) is 23.7 Å². The van der Waals surface area contributed by atoms with E-state index in [9.17, 15) is 0 Å². The molecule has 1 nitrogen and oxygen atoms in total. The molecule has 2 aromatic carbocycles. The average Bonchev–Trinajstić information content (AvgIpc) is 2.59. The van der Waals surface area contributed by atoms with Crippen LogP contribution < -0.4 is 0 Å². The van der Waals surface area contributed by atoms with Crippen LogP contribution in [-0.2, 0) is 17.1 Å². The smallest absolute Gasteiger partial charge is 0.0717 e. The second-order valence-corrected chi connectivity index (χ2v) is 6.10. The van der Waals surface area contributed by atoms with E-state index in [0.29, 0.717) is 6.61 Å². The zero-order valence-corrected chi connectivity index (χ0v) is 13.6. The minimum Gasteiger partial charge on any atom is -0.376 e. The van der Waals surface area contributed by atoms with Gasteiger partial charge in [-0.1, -0.05) is 73.8 Å². The first-order valence-corrected chi connectivity index (χ1v) is 8.55. The molecule has 0 radical (unpaired) electrons. The highest BCUT2D eigenvalue weighted by atomic mass is 32.2. The standard InChI is InChI=1S/C20H22OS/c1-3-17-5-9-19(10-6-17)15-21-13-14-22-16-20-11-7-18(4-2)8-12-20/h3-12H,1-2,13-16H2. The molecule has 0 N–H and O–H groups in total. The van der Waals surface area contributed by atoms with Crippen LogP contribution in [0, 0.1) is 0 Å². The van der Waals surface area contributed by atoms with E-state index in [1.165, 1.54) is 16.7 Å². The summed E-state index contributed by atoms with van der Waals surface area (Å²) in [7, 11) is 0.